The fourth-order valence-electron chi connectivity index (χ4n) is 2.03. The normalized spacial score (nSPS) is 10.5. The zero-order chi connectivity index (χ0) is 14.8. The van der Waals surface area contributed by atoms with E-state index in [1.165, 1.54) is 6.07 Å². The van der Waals surface area contributed by atoms with Crippen LogP contribution in [0.5, 0.6) is 5.75 Å². The number of hydrogen-bond donors (Lipinski definition) is 1. The summed E-state index contributed by atoms with van der Waals surface area (Å²) in [6.07, 6.45) is 0. The van der Waals surface area contributed by atoms with Crippen LogP contribution in [-0.2, 0) is 0 Å². The van der Waals surface area contributed by atoms with E-state index in [0.29, 0.717) is 16.3 Å². The average molecular weight is 299 g/mol. The first-order valence-electron chi connectivity index (χ1n) is 6.33. The van der Waals surface area contributed by atoms with Crippen molar-refractivity contribution < 1.29 is 9.52 Å². The number of benzene rings is 2. The SMILES string of the molecule is O=c1cc(-c2ccccc2)oc(-c2ccc(Cl)cc2)c1O. The summed E-state index contributed by atoms with van der Waals surface area (Å²) in [5.41, 5.74) is 0.877. The summed E-state index contributed by atoms with van der Waals surface area (Å²) in [4.78, 5) is 11.9. The third-order valence-electron chi connectivity index (χ3n) is 3.09. The molecule has 1 heterocycles. The highest BCUT2D eigenvalue weighted by Gasteiger charge is 2.14. The monoisotopic (exact) mass is 298 g/mol. The van der Waals surface area contributed by atoms with E-state index in [4.69, 9.17) is 16.0 Å². The van der Waals surface area contributed by atoms with E-state index in [0.717, 1.165) is 5.56 Å². The maximum absolute atomic E-state index is 11.9. The average Bonchev–Trinajstić information content (AvgIpc) is 2.52. The van der Waals surface area contributed by atoms with Gasteiger partial charge in [-0.1, -0.05) is 41.9 Å². The molecule has 21 heavy (non-hydrogen) atoms. The third kappa shape index (κ3) is 2.69. The van der Waals surface area contributed by atoms with E-state index in [-0.39, 0.29) is 5.76 Å². The predicted octanol–water partition coefficient (Wildman–Crippen LogP) is 4.33. The van der Waals surface area contributed by atoms with Gasteiger partial charge in [0.15, 0.2) is 5.76 Å². The summed E-state index contributed by atoms with van der Waals surface area (Å²) in [5, 5.41) is 10.5. The van der Waals surface area contributed by atoms with Crippen LogP contribution in [0.25, 0.3) is 22.6 Å². The Labute approximate surface area is 126 Å². The Kier molecular flexibility index (Phi) is 3.50. The van der Waals surface area contributed by atoms with Crippen LogP contribution in [0, 0.1) is 0 Å². The van der Waals surface area contributed by atoms with Gasteiger partial charge in [0.2, 0.25) is 11.2 Å². The van der Waals surface area contributed by atoms with Crippen LogP contribution in [-0.4, -0.2) is 5.11 Å². The first-order valence-corrected chi connectivity index (χ1v) is 6.71. The topological polar surface area (TPSA) is 50.4 Å². The Hall–Kier alpha value is -2.52. The van der Waals surface area contributed by atoms with Gasteiger partial charge in [0.1, 0.15) is 5.76 Å². The summed E-state index contributed by atoms with van der Waals surface area (Å²) >= 11 is 5.84. The molecule has 3 aromatic rings. The summed E-state index contributed by atoms with van der Waals surface area (Å²) in [7, 11) is 0. The van der Waals surface area contributed by atoms with Gasteiger partial charge in [0, 0.05) is 22.2 Å². The van der Waals surface area contributed by atoms with Crippen LogP contribution >= 0.6 is 11.6 Å². The number of halogens is 1. The lowest BCUT2D eigenvalue weighted by Crippen LogP contribution is -2.01. The van der Waals surface area contributed by atoms with Gasteiger partial charge in [-0.2, -0.15) is 0 Å². The Morgan fingerprint density at radius 2 is 1.57 bits per heavy atom. The third-order valence-corrected chi connectivity index (χ3v) is 3.34. The maximum atomic E-state index is 11.9. The molecule has 0 atom stereocenters. The fraction of sp³-hybridized carbons (Fsp3) is 0. The van der Waals surface area contributed by atoms with Crippen LogP contribution in [0.3, 0.4) is 0 Å². The highest BCUT2D eigenvalue weighted by Crippen LogP contribution is 2.31. The quantitative estimate of drug-likeness (QED) is 0.766. The Morgan fingerprint density at radius 1 is 0.905 bits per heavy atom. The van der Waals surface area contributed by atoms with Gasteiger partial charge in [-0.3, -0.25) is 4.79 Å². The molecule has 0 bridgehead atoms. The molecular weight excluding hydrogens is 288 g/mol. The molecule has 0 spiro atoms. The van der Waals surface area contributed by atoms with Crippen molar-refractivity contribution in [3.05, 3.63) is 75.9 Å². The standard InChI is InChI=1S/C17H11ClO3/c18-13-8-6-12(7-9-13)17-16(20)14(19)10-15(21-17)11-4-2-1-3-5-11/h1-10,20H. The number of aromatic hydroxyl groups is 1. The molecule has 0 unspecified atom stereocenters. The molecule has 3 nitrogen and oxygen atoms in total. The predicted molar refractivity (Wildman–Crippen MR) is 82.5 cm³/mol. The summed E-state index contributed by atoms with van der Waals surface area (Å²) in [6.45, 7) is 0. The van der Waals surface area contributed by atoms with Crippen LogP contribution in [0.15, 0.2) is 69.9 Å². The molecule has 0 aliphatic rings. The van der Waals surface area contributed by atoms with Crippen molar-refractivity contribution in [2.24, 2.45) is 0 Å². The Balaban J connectivity index is 2.19. The fourth-order valence-corrected chi connectivity index (χ4v) is 2.15. The maximum Gasteiger partial charge on any atom is 0.227 e. The van der Waals surface area contributed by atoms with Gasteiger partial charge in [0.05, 0.1) is 0 Å². The van der Waals surface area contributed by atoms with Crippen molar-refractivity contribution in [3.8, 4) is 28.4 Å². The summed E-state index contributed by atoms with van der Waals surface area (Å²) < 4.78 is 5.71. The van der Waals surface area contributed by atoms with Crippen molar-refractivity contribution in [2.45, 2.75) is 0 Å². The second-order valence-corrected chi connectivity index (χ2v) is 4.96. The molecule has 0 saturated carbocycles. The van der Waals surface area contributed by atoms with E-state index < -0.39 is 11.2 Å². The van der Waals surface area contributed by atoms with E-state index in [1.54, 1.807) is 24.3 Å². The van der Waals surface area contributed by atoms with Crippen molar-refractivity contribution in [2.75, 3.05) is 0 Å². The Morgan fingerprint density at radius 3 is 2.24 bits per heavy atom. The second-order valence-electron chi connectivity index (χ2n) is 4.53. The molecule has 2 aromatic carbocycles. The molecule has 0 aliphatic carbocycles. The smallest absolute Gasteiger partial charge is 0.227 e. The van der Waals surface area contributed by atoms with Crippen LogP contribution in [0.4, 0.5) is 0 Å². The minimum absolute atomic E-state index is 0.137. The minimum Gasteiger partial charge on any atom is -0.502 e. The molecule has 1 aromatic heterocycles. The van der Waals surface area contributed by atoms with E-state index >= 15 is 0 Å². The molecule has 1 N–H and O–H groups in total. The molecule has 0 saturated heterocycles. The van der Waals surface area contributed by atoms with Crippen LogP contribution in [0.1, 0.15) is 0 Å². The number of rotatable bonds is 2. The molecule has 4 heteroatoms. The van der Waals surface area contributed by atoms with Crippen molar-refractivity contribution in [1.82, 2.24) is 0 Å². The van der Waals surface area contributed by atoms with Crippen LogP contribution < -0.4 is 5.43 Å². The molecule has 104 valence electrons. The van der Waals surface area contributed by atoms with Crippen molar-refractivity contribution in [1.29, 1.82) is 0 Å². The van der Waals surface area contributed by atoms with Crippen molar-refractivity contribution in [3.63, 3.8) is 0 Å². The van der Waals surface area contributed by atoms with Gasteiger partial charge in [-0.25, -0.2) is 0 Å². The minimum atomic E-state index is -0.481. The van der Waals surface area contributed by atoms with E-state index in [9.17, 15) is 9.90 Å². The van der Waals surface area contributed by atoms with E-state index in [2.05, 4.69) is 0 Å². The van der Waals surface area contributed by atoms with Gasteiger partial charge in [-0.15, -0.1) is 0 Å². The van der Waals surface area contributed by atoms with E-state index in [1.807, 2.05) is 30.3 Å². The number of hydrogen-bond acceptors (Lipinski definition) is 3. The lowest BCUT2D eigenvalue weighted by Gasteiger charge is -2.07. The summed E-state index contributed by atoms with van der Waals surface area (Å²) in [5.74, 6) is 0.137. The highest BCUT2D eigenvalue weighted by atomic mass is 35.5. The first kappa shape index (κ1) is 13.5. The molecule has 0 amide bonds. The first-order chi connectivity index (χ1) is 10.1. The summed E-state index contributed by atoms with van der Waals surface area (Å²) in [6, 6.07) is 17.3. The van der Waals surface area contributed by atoms with Gasteiger partial charge >= 0.3 is 0 Å². The van der Waals surface area contributed by atoms with Crippen molar-refractivity contribution >= 4 is 11.6 Å². The molecule has 3 rings (SSSR count). The van der Waals surface area contributed by atoms with Crippen LogP contribution in [0.2, 0.25) is 5.02 Å². The molecule has 0 radical (unpaired) electrons. The van der Waals surface area contributed by atoms with Gasteiger partial charge in [-0.05, 0) is 24.3 Å². The van der Waals surface area contributed by atoms with Gasteiger partial charge in [0.25, 0.3) is 0 Å². The second kappa shape index (κ2) is 5.46. The lowest BCUT2D eigenvalue weighted by atomic mass is 10.1. The molecular formula is C17H11ClO3. The molecule has 0 aliphatic heterocycles. The molecule has 0 fully saturated rings. The lowest BCUT2D eigenvalue weighted by molar-refractivity contribution is 0.441. The largest absolute Gasteiger partial charge is 0.502 e. The zero-order valence-corrected chi connectivity index (χ0v) is 11.7. The van der Waals surface area contributed by atoms with Gasteiger partial charge < -0.3 is 9.52 Å². The Bertz CT molecular complexity index is 821. The highest BCUT2D eigenvalue weighted by molar-refractivity contribution is 6.30. The zero-order valence-electron chi connectivity index (χ0n) is 10.9.